The lowest BCUT2D eigenvalue weighted by molar-refractivity contribution is -0.139. The highest BCUT2D eigenvalue weighted by Gasteiger charge is 2.11. The second kappa shape index (κ2) is 12.3. The lowest BCUT2D eigenvalue weighted by Crippen LogP contribution is -2.25. The third-order valence-corrected chi connectivity index (χ3v) is 4.30. The van der Waals surface area contributed by atoms with E-state index < -0.39 is 0 Å². The molecule has 0 aliphatic carbocycles. The zero-order valence-electron chi connectivity index (χ0n) is 17.4. The summed E-state index contributed by atoms with van der Waals surface area (Å²) in [6.45, 7) is 3.56. The van der Waals surface area contributed by atoms with Gasteiger partial charge < -0.3 is 24.8 Å². The van der Waals surface area contributed by atoms with Gasteiger partial charge in [0.1, 0.15) is 17.2 Å². The minimum atomic E-state index is -0.366. The van der Waals surface area contributed by atoms with Crippen molar-refractivity contribution in [2.75, 3.05) is 20.8 Å². The van der Waals surface area contributed by atoms with Crippen molar-refractivity contribution in [3.8, 4) is 11.5 Å². The van der Waals surface area contributed by atoms with Gasteiger partial charge in [-0.25, -0.2) is 4.79 Å². The molecule has 2 rings (SSSR count). The van der Waals surface area contributed by atoms with Crippen molar-refractivity contribution in [2.45, 2.75) is 32.9 Å². The number of hydrogen-bond acceptors (Lipinski definition) is 6. The summed E-state index contributed by atoms with van der Waals surface area (Å²) in [6, 6.07) is 15.5. The molecule has 0 saturated heterocycles. The number of esters is 1. The Hall–Kier alpha value is -3.15. The molecule has 0 saturated carbocycles. The lowest BCUT2D eigenvalue weighted by Gasteiger charge is -2.12. The van der Waals surface area contributed by atoms with Crippen molar-refractivity contribution >= 4 is 5.97 Å². The van der Waals surface area contributed by atoms with Crippen molar-refractivity contribution in [3.05, 3.63) is 71.6 Å². The number of carbonyl (C=O) groups excluding carboxylic acids is 1. The van der Waals surface area contributed by atoms with Gasteiger partial charge in [0.25, 0.3) is 0 Å². The van der Waals surface area contributed by atoms with Gasteiger partial charge in [0, 0.05) is 19.3 Å². The number of ether oxygens (including phenoxy) is 3. The second-order valence-electron chi connectivity index (χ2n) is 6.48. The zero-order valence-corrected chi connectivity index (χ0v) is 17.4. The molecular weight excluding hydrogens is 368 g/mol. The van der Waals surface area contributed by atoms with Crippen LogP contribution in [0.3, 0.4) is 0 Å². The molecule has 0 radical (unpaired) electrons. The maximum absolute atomic E-state index is 12.4. The van der Waals surface area contributed by atoms with Crippen LogP contribution in [0, 0.1) is 0 Å². The van der Waals surface area contributed by atoms with Gasteiger partial charge in [0.15, 0.2) is 0 Å². The molecule has 0 heterocycles. The molecule has 2 N–H and O–H groups in total. The Morgan fingerprint density at radius 2 is 1.45 bits per heavy atom. The highest BCUT2D eigenvalue weighted by molar-refractivity contribution is 5.87. The highest BCUT2D eigenvalue weighted by Crippen LogP contribution is 2.12. The van der Waals surface area contributed by atoms with E-state index in [-0.39, 0.29) is 5.97 Å². The summed E-state index contributed by atoms with van der Waals surface area (Å²) in [7, 11) is 3.27. The predicted molar refractivity (Wildman–Crippen MR) is 114 cm³/mol. The van der Waals surface area contributed by atoms with E-state index in [1.165, 1.54) is 0 Å². The molecule has 0 unspecified atom stereocenters. The van der Waals surface area contributed by atoms with E-state index in [4.69, 9.17) is 14.2 Å². The first-order valence-electron chi connectivity index (χ1n) is 9.76. The number of rotatable bonds is 12. The van der Waals surface area contributed by atoms with Crippen molar-refractivity contribution in [3.63, 3.8) is 0 Å². The molecule has 29 heavy (non-hydrogen) atoms. The second-order valence-corrected chi connectivity index (χ2v) is 6.48. The van der Waals surface area contributed by atoms with Crippen LogP contribution >= 0.6 is 0 Å². The average molecular weight is 399 g/mol. The van der Waals surface area contributed by atoms with Crippen LogP contribution in [-0.4, -0.2) is 26.8 Å². The summed E-state index contributed by atoms with van der Waals surface area (Å²) < 4.78 is 15.7. The summed E-state index contributed by atoms with van der Waals surface area (Å²) in [5.74, 6) is 1.24. The zero-order chi connectivity index (χ0) is 20.9. The van der Waals surface area contributed by atoms with Gasteiger partial charge in [-0.05, 0) is 41.8 Å². The number of unbranched alkanes of at least 4 members (excludes halogenated alkanes) is 1. The first-order valence-corrected chi connectivity index (χ1v) is 9.76. The third-order valence-electron chi connectivity index (χ3n) is 4.30. The van der Waals surface area contributed by atoms with Gasteiger partial charge in [0.05, 0.1) is 20.8 Å². The first kappa shape index (κ1) is 22.1. The van der Waals surface area contributed by atoms with Gasteiger partial charge in [-0.3, -0.25) is 0 Å². The van der Waals surface area contributed by atoms with Crippen molar-refractivity contribution < 1.29 is 19.0 Å². The van der Waals surface area contributed by atoms with Crippen LogP contribution in [0.25, 0.3) is 0 Å². The average Bonchev–Trinajstić information content (AvgIpc) is 2.77. The monoisotopic (exact) mass is 398 g/mol. The van der Waals surface area contributed by atoms with Gasteiger partial charge in [-0.1, -0.05) is 37.6 Å². The quantitative estimate of drug-likeness (QED) is 0.322. The first-order chi connectivity index (χ1) is 14.2. The summed E-state index contributed by atoms with van der Waals surface area (Å²) in [6.07, 6.45) is 3.49. The molecule has 0 fully saturated rings. The maximum atomic E-state index is 12.4. The van der Waals surface area contributed by atoms with Crippen LogP contribution < -0.4 is 20.1 Å². The Labute approximate surface area is 172 Å². The fraction of sp³-hybridized carbons (Fsp3) is 0.348. The molecule has 2 aromatic rings. The molecule has 0 aromatic heterocycles. The van der Waals surface area contributed by atoms with E-state index in [1.807, 2.05) is 48.5 Å². The number of hydrogen-bond donors (Lipinski definition) is 2. The van der Waals surface area contributed by atoms with Crippen LogP contribution in [0.1, 0.15) is 30.9 Å². The SMILES string of the molecule is CCCCOC(=O)/C(=C/NCc1ccc(OC)cc1)NCc1ccc(OC)cc1. The molecular formula is C23H30N2O4. The minimum absolute atomic E-state index is 0.366. The largest absolute Gasteiger partial charge is 0.497 e. The number of benzene rings is 2. The van der Waals surface area contributed by atoms with Crippen LogP contribution in [-0.2, 0) is 22.6 Å². The highest BCUT2D eigenvalue weighted by atomic mass is 16.5. The number of carbonyl (C=O) groups is 1. The van der Waals surface area contributed by atoms with Crippen LogP contribution in [0.15, 0.2) is 60.4 Å². The Kier molecular flexibility index (Phi) is 9.42. The maximum Gasteiger partial charge on any atom is 0.355 e. The van der Waals surface area contributed by atoms with Crippen molar-refractivity contribution in [2.24, 2.45) is 0 Å². The minimum Gasteiger partial charge on any atom is -0.497 e. The van der Waals surface area contributed by atoms with Crippen molar-refractivity contribution in [1.29, 1.82) is 0 Å². The molecule has 0 amide bonds. The number of nitrogens with one attached hydrogen (secondary N) is 2. The summed E-state index contributed by atoms with van der Waals surface area (Å²) in [5.41, 5.74) is 2.51. The topological polar surface area (TPSA) is 68.8 Å². The number of methoxy groups -OCH3 is 2. The van der Waals surface area contributed by atoms with Gasteiger partial charge in [-0.15, -0.1) is 0 Å². The van der Waals surface area contributed by atoms with E-state index in [1.54, 1.807) is 20.4 Å². The lowest BCUT2D eigenvalue weighted by atomic mass is 10.2. The van der Waals surface area contributed by atoms with E-state index in [9.17, 15) is 4.79 Å². The molecule has 2 aromatic carbocycles. The Morgan fingerprint density at radius 3 is 1.97 bits per heavy atom. The Balaban J connectivity index is 1.97. The van der Waals surface area contributed by atoms with Gasteiger partial charge >= 0.3 is 5.97 Å². The molecule has 156 valence electrons. The summed E-state index contributed by atoms with van der Waals surface area (Å²) in [4.78, 5) is 12.4. The molecule has 6 nitrogen and oxygen atoms in total. The normalized spacial score (nSPS) is 10.9. The fourth-order valence-electron chi connectivity index (χ4n) is 2.52. The van der Waals surface area contributed by atoms with E-state index in [0.717, 1.165) is 35.5 Å². The molecule has 0 aliphatic rings. The Morgan fingerprint density at radius 1 is 0.897 bits per heavy atom. The smallest absolute Gasteiger partial charge is 0.355 e. The standard InChI is InChI=1S/C23H30N2O4/c1-4-5-14-29-23(26)22(25-16-19-8-12-21(28-3)13-9-19)17-24-15-18-6-10-20(27-2)11-7-18/h6-13,17,24-25H,4-5,14-16H2,1-3H3/b22-17-. The molecule has 0 aliphatic heterocycles. The van der Waals surface area contributed by atoms with Crippen molar-refractivity contribution in [1.82, 2.24) is 10.6 Å². The molecule has 0 spiro atoms. The van der Waals surface area contributed by atoms with Crippen LogP contribution in [0.5, 0.6) is 11.5 Å². The van der Waals surface area contributed by atoms with E-state index in [0.29, 0.717) is 25.4 Å². The van der Waals surface area contributed by atoms with Gasteiger partial charge in [0.2, 0.25) is 0 Å². The summed E-state index contributed by atoms with van der Waals surface area (Å²) >= 11 is 0. The molecule has 0 atom stereocenters. The Bertz CT molecular complexity index is 770. The van der Waals surface area contributed by atoms with Crippen LogP contribution in [0.4, 0.5) is 0 Å². The summed E-state index contributed by atoms with van der Waals surface area (Å²) in [5, 5.41) is 6.35. The molecule has 6 heteroatoms. The fourth-order valence-corrected chi connectivity index (χ4v) is 2.52. The van der Waals surface area contributed by atoms with Gasteiger partial charge in [-0.2, -0.15) is 0 Å². The molecule has 0 bridgehead atoms. The van der Waals surface area contributed by atoms with E-state index in [2.05, 4.69) is 17.6 Å². The van der Waals surface area contributed by atoms with Crippen LogP contribution in [0.2, 0.25) is 0 Å². The third kappa shape index (κ3) is 7.78. The predicted octanol–water partition coefficient (Wildman–Crippen LogP) is 3.77. The van der Waals surface area contributed by atoms with E-state index >= 15 is 0 Å².